The van der Waals surface area contributed by atoms with Gasteiger partial charge in [-0.05, 0) is 37.8 Å². The third-order valence-corrected chi connectivity index (χ3v) is 5.54. The summed E-state index contributed by atoms with van der Waals surface area (Å²) < 4.78 is 5.10. The second-order valence-electron chi connectivity index (χ2n) is 7.37. The second kappa shape index (κ2) is 8.08. The van der Waals surface area contributed by atoms with Gasteiger partial charge in [0.15, 0.2) is 0 Å². The van der Waals surface area contributed by atoms with E-state index in [-0.39, 0.29) is 24.0 Å². The molecule has 0 bridgehead atoms. The van der Waals surface area contributed by atoms with Gasteiger partial charge in [0.05, 0.1) is 18.7 Å². The van der Waals surface area contributed by atoms with Crippen molar-refractivity contribution in [3.05, 3.63) is 34.9 Å². The van der Waals surface area contributed by atoms with Crippen molar-refractivity contribution in [2.45, 2.75) is 45.2 Å². The summed E-state index contributed by atoms with van der Waals surface area (Å²) in [6.45, 7) is 6.63. The fourth-order valence-electron chi connectivity index (χ4n) is 4.06. The van der Waals surface area contributed by atoms with Crippen LogP contribution in [0.5, 0.6) is 0 Å². The molecule has 2 aliphatic heterocycles. The molecule has 2 saturated heterocycles. The molecule has 1 aromatic rings. The fourth-order valence-corrected chi connectivity index (χ4v) is 4.06. The molecule has 142 valence electrons. The van der Waals surface area contributed by atoms with Crippen LogP contribution in [0.3, 0.4) is 0 Å². The monoisotopic (exact) mass is 359 g/mol. The molecule has 1 aromatic carbocycles. The molecule has 2 fully saturated rings. The lowest BCUT2D eigenvalue weighted by molar-refractivity contribution is -0.132. The van der Waals surface area contributed by atoms with Crippen LogP contribution in [0.2, 0.25) is 0 Å². The van der Waals surface area contributed by atoms with E-state index in [9.17, 15) is 9.59 Å². The van der Waals surface area contributed by atoms with Crippen molar-refractivity contribution in [2.75, 3.05) is 33.4 Å². The molecule has 6 heteroatoms. The number of rotatable bonds is 6. The minimum atomic E-state index is -0.0402. The summed E-state index contributed by atoms with van der Waals surface area (Å²) in [6, 6.07) is 6.53. The molecule has 3 amide bonds. The molecule has 6 nitrogen and oxygen atoms in total. The van der Waals surface area contributed by atoms with Crippen molar-refractivity contribution < 1.29 is 14.3 Å². The average molecular weight is 359 g/mol. The number of benzene rings is 1. The summed E-state index contributed by atoms with van der Waals surface area (Å²) in [6.07, 6.45) is 2.10. The van der Waals surface area contributed by atoms with Crippen LogP contribution in [-0.2, 0) is 16.0 Å². The number of nitrogens with zero attached hydrogens (tertiary/aromatic N) is 2. The van der Waals surface area contributed by atoms with Gasteiger partial charge in [-0.15, -0.1) is 0 Å². The Kier molecular flexibility index (Phi) is 5.81. The van der Waals surface area contributed by atoms with E-state index in [1.807, 2.05) is 9.80 Å². The lowest BCUT2D eigenvalue weighted by Crippen LogP contribution is -2.53. The van der Waals surface area contributed by atoms with Crippen molar-refractivity contribution in [1.29, 1.82) is 0 Å². The van der Waals surface area contributed by atoms with Gasteiger partial charge in [-0.25, -0.2) is 4.79 Å². The molecule has 0 spiro atoms. The van der Waals surface area contributed by atoms with E-state index in [4.69, 9.17) is 4.74 Å². The largest absolute Gasteiger partial charge is 0.383 e. The molecule has 0 unspecified atom stereocenters. The number of methoxy groups -OCH3 is 1. The number of aryl methyl sites for hydroxylation is 3. The van der Waals surface area contributed by atoms with Gasteiger partial charge >= 0.3 is 6.03 Å². The van der Waals surface area contributed by atoms with Crippen LogP contribution in [0.1, 0.15) is 29.5 Å². The molecule has 3 rings (SSSR count). The number of hydrogen-bond acceptors (Lipinski definition) is 3. The predicted molar refractivity (Wildman–Crippen MR) is 100 cm³/mol. The summed E-state index contributed by atoms with van der Waals surface area (Å²) in [5, 5.41) is 3.03. The Hall–Kier alpha value is -2.08. The van der Waals surface area contributed by atoms with Gasteiger partial charge in [0.2, 0.25) is 5.91 Å². The first kappa shape index (κ1) is 18.7. The summed E-state index contributed by atoms with van der Waals surface area (Å²) in [4.78, 5) is 28.6. The van der Waals surface area contributed by atoms with Crippen molar-refractivity contribution >= 4 is 11.9 Å². The first-order chi connectivity index (χ1) is 12.5. The summed E-state index contributed by atoms with van der Waals surface area (Å²) in [5.74, 6) is 0.174. The summed E-state index contributed by atoms with van der Waals surface area (Å²) >= 11 is 0. The van der Waals surface area contributed by atoms with Gasteiger partial charge < -0.3 is 19.9 Å². The minimum absolute atomic E-state index is 0.0261. The van der Waals surface area contributed by atoms with Crippen LogP contribution in [0.4, 0.5) is 4.79 Å². The molecular weight excluding hydrogens is 330 g/mol. The summed E-state index contributed by atoms with van der Waals surface area (Å²) in [5.41, 5.74) is 3.72. The van der Waals surface area contributed by atoms with Crippen molar-refractivity contribution in [1.82, 2.24) is 15.1 Å². The van der Waals surface area contributed by atoms with Gasteiger partial charge in [-0.3, -0.25) is 4.79 Å². The van der Waals surface area contributed by atoms with Gasteiger partial charge in [-0.2, -0.15) is 0 Å². The standard InChI is InChI=1S/C20H29N3O3/c1-14-4-5-16(15(2)12-14)6-7-19(24)22-9-8-18-17(13-22)21-20(25)23(18)10-11-26-3/h4-5,12,17-18H,6-11,13H2,1-3H3,(H,21,25)/t17-,18+/m1/s1. The average Bonchev–Trinajstić information content (AvgIpc) is 2.93. The molecule has 0 radical (unpaired) electrons. The maximum absolute atomic E-state index is 12.7. The van der Waals surface area contributed by atoms with E-state index in [0.717, 1.165) is 12.8 Å². The normalized spacial score (nSPS) is 22.3. The van der Waals surface area contributed by atoms with E-state index in [1.54, 1.807) is 7.11 Å². The Morgan fingerprint density at radius 3 is 2.88 bits per heavy atom. The Morgan fingerprint density at radius 2 is 2.15 bits per heavy atom. The molecule has 1 N–H and O–H groups in total. The van der Waals surface area contributed by atoms with E-state index >= 15 is 0 Å². The van der Waals surface area contributed by atoms with Crippen molar-refractivity contribution in [3.8, 4) is 0 Å². The van der Waals surface area contributed by atoms with Crippen molar-refractivity contribution in [3.63, 3.8) is 0 Å². The number of hydrogen-bond donors (Lipinski definition) is 1. The lowest BCUT2D eigenvalue weighted by Gasteiger charge is -2.36. The van der Waals surface area contributed by atoms with Crippen molar-refractivity contribution in [2.24, 2.45) is 0 Å². The number of piperidine rings is 1. The summed E-state index contributed by atoms with van der Waals surface area (Å²) in [7, 11) is 1.64. The van der Waals surface area contributed by atoms with Crippen LogP contribution in [0.15, 0.2) is 18.2 Å². The lowest BCUT2D eigenvalue weighted by atomic mass is 9.98. The Balaban J connectivity index is 1.54. The van der Waals surface area contributed by atoms with Gasteiger partial charge in [0.25, 0.3) is 0 Å². The maximum atomic E-state index is 12.7. The Bertz CT molecular complexity index is 676. The topological polar surface area (TPSA) is 61.9 Å². The molecule has 2 aliphatic rings. The number of amides is 3. The third kappa shape index (κ3) is 4.01. The Labute approximate surface area is 155 Å². The SMILES string of the molecule is COCCN1C(=O)N[C@@H]2CN(C(=O)CCc3ccc(C)cc3C)CC[C@@H]21. The van der Waals surface area contributed by atoms with Crippen LogP contribution in [0, 0.1) is 13.8 Å². The van der Waals surface area contributed by atoms with Gasteiger partial charge in [0, 0.05) is 33.2 Å². The molecule has 26 heavy (non-hydrogen) atoms. The van der Waals surface area contributed by atoms with Gasteiger partial charge in [-0.1, -0.05) is 23.8 Å². The van der Waals surface area contributed by atoms with E-state index in [0.29, 0.717) is 32.7 Å². The first-order valence-electron chi connectivity index (χ1n) is 9.39. The van der Waals surface area contributed by atoms with E-state index < -0.39 is 0 Å². The molecular formula is C20H29N3O3. The van der Waals surface area contributed by atoms with E-state index in [2.05, 4.69) is 37.4 Å². The Morgan fingerprint density at radius 1 is 1.35 bits per heavy atom. The highest BCUT2D eigenvalue weighted by Gasteiger charge is 2.43. The van der Waals surface area contributed by atoms with Crippen LogP contribution in [0.25, 0.3) is 0 Å². The zero-order valence-electron chi connectivity index (χ0n) is 16.0. The second-order valence-corrected chi connectivity index (χ2v) is 7.37. The fraction of sp³-hybridized carbons (Fsp3) is 0.600. The number of urea groups is 1. The molecule has 0 aromatic heterocycles. The molecule has 0 saturated carbocycles. The quantitative estimate of drug-likeness (QED) is 0.844. The number of carbonyl (C=O) groups excluding carboxylic acids is 2. The molecule has 2 atom stereocenters. The number of carbonyl (C=O) groups is 2. The number of likely N-dealkylation sites (tertiary alicyclic amines) is 1. The predicted octanol–water partition coefficient (Wildman–Crippen LogP) is 1.88. The highest BCUT2D eigenvalue weighted by Crippen LogP contribution is 2.23. The molecule has 0 aliphatic carbocycles. The zero-order valence-corrected chi connectivity index (χ0v) is 16.0. The zero-order chi connectivity index (χ0) is 18.7. The van der Waals surface area contributed by atoms with Crippen LogP contribution in [-0.4, -0.2) is 67.2 Å². The number of ether oxygens (including phenoxy) is 1. The number of fused-ring (bicyclic) bond motifs is 1. The minimum Gasteiger partial charge on any atom is -0.383 e. The highest BCUT2D eigenvalue weighted by atomic mass is 16.5. The van der Waals surface area contributed by atoms with Crippen LogP contribution >= 0.6 is 0 Å². The maximum Gasteiger partial charge on any atom is 0.318 e. The van der Waals surface area contributed by atoms with E-state index in [1.165, 1.54) is 16.7 Å². The smallest absolute Gasteiger partial charge is 0.318 e. The van der Waals surface area contributed by atoms with Crippen LogP contribution < -0.4 is 5.32 Å². The highest BCUT2D eigenvalue weighted by molar-refractivity contribution is 5.79. The molecule has 2 heterocycles. The number of nitrogens with one attached hydrogen (secondary N) is 1. The third-order valence-electron chi connectivity index (χ3n) is 5.54. The van der Waals surface area contributed by atoms with Gasteiger partial charge in [0.1, 0.15) is 0 Å². The first-order valence-corrected chi connectivity index (χ1v) is 9.39.